The van der Waals surface area contributed by atoms with Crippen molar-refractivity contribution in [2.24, 2.45) is 0 Å². The molecule has 0 heterocycles. The van der Waals surface area contributed by atoms with E-state index in [-0.39, 0.29) is 0 Å². The number of unbranched alkanes of at least 4 members (excludes halogenated alkanes) is 3. The molecular formula is C10H22N. The van der Waals surface area contributed by atoms with Crippen LogP contribution in [-0.2, 0) is 0 Å². The van der Waals surface area contributed by atoms with Crippen molar-refractivity contribution in [1.82, 2.24) is 4.90 Å². The lowest BCUT2D eigenvalue weighted by atomic mass is 10.2. The summed E-state index contributed by atoms with van der Waals surface area (Å²) in [6.45, 7) is 7.92. The zero-order valence-corrected chi connectivity index (χ0v) is 8.27. The van der Waals surface area contributed by atoms with E-state index in [4.69, 9.17) is 0 Å². The van der Waals surface area contributed by atoms with Gasteiger partial charge in [0.1, 0.15) is 0 Å². The van der Waals surface area contributed by atoms with Crippen molar-refractivity contribution in [3.63, 3.8) is 0 Å². The highest BCUT2D eigenvalue weighted by molar-refractivity contribution is 4.61. The van der Waals surface area contributed by atoms with E-state index in [1.54, 1.807) is 0 Å². The Balaban J connectivity index is 2.97. The average Bonchev–Trinajstić information content (AvgIpc) is 1.99. The molecular weight excluding hydrogens is 134 g/mol. The second-order valence-electron chi connectivity index (χ2n) is 3.13. The van der Waals surface area contributed by atoms with Gasteiger partial charge in [0, 0.05) is 6.54 Å². The van der Waals surface area contributed by atoms with Gasteiger partial charge in [0.25, 0.3) is 0 Å². The molecule has 0 aromatic heterocycles. The average molecular weight is 156 g/mol. The van der Waals surface area contributed by atoms with Crippen LogP contribution in [0.3, 0.4) is 0 Å². The molecule has 0 fully saturated rings. The molecule has 1 radical (unpaired) electrons. The van der Waals surface area contributed by atoms with E-state index in [0.717, 1.165) is 6.42 Å². The van der Waals surface area contributed by atoms with Gasteiger partial charge in [-0.3, -0.25) is 0 Å². The van der Waals surface area contributed by atoms with E-state index in [1.807, 2.05) is 0 Å². The van der Waals surface area contributed by atoms with Gasteiger partial charge in [0.2, 0.25) is 0 Å². The van der Waals surface area contributed by atoms with Crippen molar-refractivity contribution in [3.05, 3.63) is 6.54 Å². The minimum atomic E-state index is 1.16. The summed E-state index contributed by atoms with van der Waals surface area (Å²) in [6.07, 6.45) is 6.62. The van der Waals surface area contributed by atoms with E-state index < -0.39 is 0 Å². The fourth-order valence-electron chi connectivity index (χ4n) is 1.19. The number of nitrogens with zero attached hydrogens (tertiary/aromatic N) is 1. The van der Waals surface area contributed by atoms with Gasteiger partial charge in [-0.1, -0.05) is 33.1 Å². The molecule has 67 valence electrons. The fraction of sp³-hybridized carbons (Fsp3) is 0.900. The molecule has 0 saturated heterocycles. The first-order chi connectivity index (χ1) is 5.31. The van der Waals surface area contributed by atoms with Crippen LogP contribution in [0.5, 0.6) is 0 Å². The van der Waals surface area contributed by atoms with Crippen LogP contribution in [0.15, 0.2) is 0 Å². The zero-order valence-electron chi connectivity index (χ0n) is 8.27. The van der Waals surface area contributed by atoms with Crippen molar-refractivity contribution in [2.45, 2.75) is 46.0 Å². The molecule has 0 unspecified atom stereocenters. The van der Waals surface area contributed by atoms with Crippen LogP contribution in [0.4, 0.5) is 0 Å². The SMILES string of the molecule is CC[CH]N(C)CCCCCC. The maximum absolute atomic E-state index is 2.30. The smallest absolute Gasteiger partial charge is 0.0245 e. The van der Waals surface area contributed by atoms with E-state index in [1.165, 1.54) is 32.2 Å². The first-order valence-corrected chi connectivity index (χ1v) is 4.84. The highest BCUT2D eigenvalue weighted by Crippen LogP contribution is 2.01. The second kappa shape index (κ2) is 8.06. The quantitative estimate of drug-likeness (QED) is 0.512. The summed E-state index contributed by atoms with van der Waals surface area (Å²) >= 11 is 0. The Morgan fingerprint density at radius 3 is 2.36 bits per heavy atom. The molecule has 0 aliphatic heterocycles. The van der Waals surface area contributed by atoms with Crippen LogP contribution in [0.2, 0.25) is 0 Å². The van der Waals surface area contributed by atoms with Crippen LogP contribution in [0, 0.1) is 6.54 Å². The van der Waals surface area contributed by atoms with Crippen LogP contribution >= 0.6 is 0 Å². The minimum Gasteiger partial charge on any atom is -0.302 e. The molecule has 0 atom stereocenters. The molecule has 0 aliphatic carbocycles. The molecule has 0 rings (SSSR count). The van der Waals surface area contributed by atoms with Crippen molar-refractivity contribution >= 4 is 0 Å². The van der Waals surface area contributed by atoms with E-state index in [9.17, 15) is 0 Å². The number of rotatable bonds is 7. The Morgan fingerprint density at radius 2 is 1.82 bits per heavy atom. The maximum Gasteiger partial charge on any atom is 0.0245 e. The fourth-order valence-corrected chi connectivity index (χ4v) is 1.19. The third-order valence-electron chi connectivity index (χ3n) is 1.86. The molecule has 0 N–H and O–H groups in total. The molecule has 0 amide bonds. The largest absolute Gasteiger partial charge is 0.302 e. The highest BCUT2D eigenvalue weighted by atomic mass is 15.1. The lowest BCUT2D eigenvalue weighted by molar-refractivity contribution is 0.380. The maximum atomic E-state index is 2.30. The van der Waals surface area contributed by atoms with Gasteiger partial charge in [-0.2, -0.15) is 0 Å². The number of hydrogen-bond donors (Lipinski definition) is 0. The van der Waals surface area contributed by atoms with Crippen molar-refractivity contribution in [2.75, 3.05) is 13.6 Å². The van der Waals surface area contributed by atoms with Gasteiger partial charge in [-0.05, 0) is 26.4 Å². The predicted molar refractivity (Wildman–Crippen MR) is 51.4 cm³/mol. The van der Waals surface area contributed by atoms with Crippen LogP contribution in [0.1, 0.15) is 46.0 Å². The van der Waals surface area contributed by atoms with Gasteiger partial charge in [-0.15, -0.1) is 0 Å². The summed E-state index contributed by atoms with van der Waals surface area (Å²) in [6, 6.07) is 0. The summed E-state index contributed by atoms with van der Waals surface area (Å²) in [7, 11) is 2.16. The highest BCUT2D eigenvalue weighted by Gasteiger charge is 1.95. The molecule has 1 heteroatoms. The minimum absolute atomic E-state index is 1.16. The van der Waals surface area contributed by atoms with E-state index in [2.05, 4.69) is 32.3 Å². The number of hydrogen-bond acceptors (Lipinski definition) is 1. The van der Waals surface area contributed by atoms with Crippen molar-refractivity contribution in [1.29, 1.82) is 0 Å². The monoisotopic (exact) mass is 156 g/mol. The summed E-state index contributed by atoms with van der Waals surface area (Å²) in [5, 5.41) is 0. The topological polar surface area (TPSA) is 3.24 Å². The van der Waals surface area contributed by atoms with Crippen LogP contribution < -0.4 is 0 Å². The second-order valence-corrected chi connectivity index (χ2v) is 3.13. The third kappa shape index (κ3) is 7.86. The first-order valence-electron chi connectivity index (χ1n) is 4.84. The molecule has 0 aromatic rings. The molecule has 0 saturated carbocycles. The van der Waals surface area contributed by atoms with E-state index in [0.29, 0.717) is 0 Å². The predicted octanol–water partition coefficient (Wildman–Crippen LogP) is 3.07. The summed E-state index contributed by atoms with van der Waals surface area (Å²) < 4.78 is 0. The summed E-state index contributed by atoms with van der Waals surface area (Å²) in [4.78, 5) is 2.30. The van der Waals surface area contributed by atoms with Gasteiger partial charge in [0.05, 0.1) is 0 Å². The summed E-state index contributed by atoms with van der Waals surface area (Å²) in [5.41, 5.74) is 0. The Labute approximate surface area is 71.8 Å². The molecule has 1 nitrogen and oxygen atoms in total. The zero-order chi connectivity index (χ0) is 8.53. The van der Waals surface area contributed by atoms with Gasteiger partial charge in [-0.25, -0.2) is 0 Å². The Kier molecular flexibility index (Phi) is 8.03. The molecule has 11 heavy (non-hydrogen) atoms. The Morgan fingerprint density at radius 1 is 1.09 bits per heavy atom. The third-order valence-corrected chi connectivity index (χ3v) is 1.86. The Hall–Kier alpha value is -0.0400. The van der Waals surface area contributed by atoms with Gasteiger partial charge < -0.3 is 4.90 Å². The van der Waals surface area contributed by atoms with Crippen LogP contribution in [-0.4, -0.2) is 18.5 Å². The molecule has 0 spiro atoms. The van der Waals surface area contributed by atoms with E-state index >= 15 is 0 Å². The van der Waals surface area contributed by atoms with Gasteiger partial charge in [0.15, 0.2) is 0 Å². The van der Waals surface area contributed by atoms with Crippen LogP contribution in [0.25, 0.3) is 0 Å². The first kappa shape index (κ1) is 11.0. The van der Waals surface area contributed by atoms with Crippen molar-refractivity contribution in [3.8, 4) is 0 Å². The molecule has 0 aromatic carbocycles. The normalized spacial score (nSPS) is 10.9. The standard InChI is InChI=1S/C10H22N/c1-4-6-7-8-10-11(3)9-5-2/h9H,4-8,10H2,1-3H3. The van der Waals surface area contributed by atoms with Crippen molar-refractivity contribution < 1.29 is 0 Å². The lowest BCUT2D eigenvalue weighted by Gasteiger charge is -2.13. The van der Waals surface area contributed by atoms with Gasteiger partial charge >= 0.3 is 0 Å². The lowest BCUT2D eigenvalue weighted by Crippen LogP contribution is -2.15. The summed E-state index contributed by atoms with van der Waals surface area (Å²) in [5.74, 6) is 0. The molecule has 0 bridgehead atoms. The molecule has 0 aliphatic rings. The Bertz CT molecular complexity index is 71.3.